The molecule has 1 fully saturated rings. The predicted octanol–water partition coefficient (Wildman–Crippen LogP) is 4.10. The standard InChI is InChI=1S/C10H16Cl2OSi/c1-5-10(13-14(2,3)4)7-8(10)6-9(11)12/h5-6,8H,1,7H2,2-4H3/t8-,10+/m0/s1. The summed E-state index contributed by atoms with van der Waals surface area (Å²) in [7, 11) is -1.53. The molecule has 1 aliphatic carbocycles. The quantitative estimate of drug-likeness (QED) is 0.540. The number of rotatable bonds is 4. The smallest absolute Gasteiger partial charge is 0.184 e. The average molecular weight is 251 g/mol. The third-order valence-electron chi connectivity index (χ3n) is 2.18. The van der Waals surface area contributed by atoms with Gasteiger partial charge in [0.15, 0.2) is 8.32 Å². The first-order valence-electron chi connectivity index (χ1n) is 4.66. The van der Waals surface area contributed by atoms with Gasteiger partial charge in [-0.1, -0.05) is 29.3 Å². The van der Waals surface area contributed by atoms with E-state index in [2.05, 4.69) is 26.2 Å². The molecule has 1 rings (SSSR count). The van der Waals surface area contributed by atoms with E-state index in [1.807, 2.05) is 12.2 Å². The van der Waals surface area contributed by atoms with Crippen LogP contribution in [0.3, 0.4) is 0 Å². The normalized spacial score (nSPS) is 31.1. The summed E-state index contributed by atoms with van der Waals surface area (Å²) >= 11 is 11.2. The molecular formula is C10H16Cl2OSi. The largest absolute Gasteiger partial charge is 0.408 e. The van der Waals surface area contributed by atoms with E-state index in [0.29, 0.717) is 10.4 Å². The third-order valence-corrected chi connectivity index (χ3v) is 3.42. The fraction of sp³-hybridized carbons (Fsp3) is 0.600. The molecule has 0 aliphatic heterocycles. The lowest BCUT2D eigenvalue weighted by Gasteiger charge is -2.24. The first-order valence-corrected chi connectivity index (χ1v) is 8.82. The Morgan fingerprint density at radius 1 is 1.50 bits per heavy atom. The summed E-state index contributed by atoms with van der Waals surface area (Å²) in [6.45, 7) is 10.3. The molecule has 0 spiro atoms. The van der Waals surface area contributed by atoms with Gasteiger partial charge >= 0.3 is 0 Å². The van der Waals surface area contributed by atoms with Gasteiger partial charge < -0.3 is 4.43 Å². The summed E-state index contributed by atoms with van der Waals surface area (Å²) in [4.78, 5) is 0. The van der Waals surface area contributed by atoms with Crippen molar-refractivity contribution < 1.29 is 4.43 Å². The van der Waals surface area contributed by atoms with Crippen LogP contribution in [0.1, 0.15) is 6.42 Å². The Bertz CT molecular complexity index is 266. The third kappa shape index (κ3) is 3.12. The van der Waals surface area contributed by atoms with Crippen LogP contribution in [0.15, 0.2) is 23.2 Å². The highest BCUT2D eigenvalue weighted by molar-refractivity contribution is 6.69. The molecule has 0 heterocycles. The van der Waals surface area contributed by atoms with Crippen molar-refractivity contribution in [3.8, 4) is 0 Å². The molecule has 0 aromatic rings. The lowest BCUT2D eigenvalue weighted by molar-refractivity contribution is 0.211. The molecule has 0 bridgehead atoms. The molecule has 0 aromatic carbocycles. The molecular weight excluding hydrogens is 235 g/mol. The monoisotopic (exact) mass is 250 g/mol. The molecule has 0 aromatic heterocycles. The highest BCUT2D eigenvalue weighted by Crippen LogP contribution is 2.51. The van der Waals surface area contributed by atoms with Gasteiger partial charge in [0.25, 0.3) is 0 Å². The van der Waals surface area contributed by atoms with Crippen molar-refractivity contribution in [2.45, 2.75) is 31.7 Å². The molecule has 1 nitrogen and oxygen atoms in total. The maximum atomic E-state index is 6.06. The van der Waals surface area contributed by atoms with Gasteiger partial charge in [-0.05, 0) is 32.1 Å². The zero-order valence-corrected chi connectivity index (χ0v) is 11.3. The Labute approximate surface area is 96.9 Å². The van der Waals surface area contributed by atoms with Gasteiger partial charge in [-0.2, -0.15) is 0 Å². The fourth-order valence-corrected chi connectivity index (χ4v) is 3.36. The van der Waals surface area contributed by atoms with E-state index in [-0.39, 0.29) is 5.60 Å². The van der Waals surface area contributed by atoms with Crippen LogP contribution in [-0.4, -0.2) is 13.9 Å². The summed E-state index contributed by atoms with van der Waals surface area (Å²) in [5, 5.41) is 0. The lowest BCUT2D eigenvalue weighted by Crippen LogP contribution is -2.33. The van der Waals surface area contributed by atoms with E-state index < -0.39 is 8.32 Å². The van der Waals surface area contributed by atoms with Crippen molar-refractivity contribution in [2.24, 2.45) is 5.92 Å². The van der Waals surface area contributed by atoms with Gasteiger partial charge in [-0.25, -0.2) is 0 Å². The zero-order valence-electron chi connectivity index (χ0n) is 8.81. The van der Waals surface area contributed by atoms with Crippen molar-refractivity contribution in [3.63, 3.8) is 0 Å². The molecule has 4 heteroatoms. The van der Waals surface area contributed by atoms with Crippen LogP contribution in [0.4, 0.5) is 0 Å². The summed E-state index contributed by atoms with van der Waals surface area (Å²) in [5.41, 5.74) is -0.195. The lowest BCUT2D eigenvalue weighted by atomic mass is 10.2. The molecule has 0 N–H and O–H groups in total. The van der Waals surface area contributed by atoms with E-state index in [0.717, 1.165) is 6.42 Å². The average Bonchev–Trinajstić information content (AvgIpc) is 2.59. The molecule has 0 amide bonds. The van der Waals surface area contributed by atoms with Gasteiger partial charge in [-0.3, -0.25) is 0 Å². The van der Waals surface area contributed by atoms with Crippen LogP contribution in [-0.2, 0) is 4.43 Å². The Morgan fingerprint density at radius 3 is 2.43 bits per heavy atom. The van der Waals surface area contributed by atoms with Gasteiger partial charge in [0.1, 0.15) is 4.49 Å². The Balaban J connectivity index is 2.66. The molecule has 0 unspecified atom stereocenters. The van der Waals surface area contributed by atoms with Crippen molar-refractivity contribution in [3.05, 3.63) is 23.2 Å². The van der Waals surface area contributed by atoms with Crippen LogP contribution in [0.25, 0.3) is 0 Å². The second-order valence-corrected chi connectivity index (χ2v) is 10.1. The van der Waals surface area contributed by atoms with E-state index >= 15 is 0 Å². The minimum Gasteiger partial charge on any atom is -0.408 e. The summed E-state index contributed by atoms with van der Waals surface area (Å²) < 4.78 is 6.38. The van der Waals surface area contributed by atoms with Gasteiger partial charge in [0.05, 0.1) is 5.60 Å². The zero-order chi connectivity index (χ0) is 11.0. The Hall–Kier alpha value is 0.237. The minimum atomic E-state index is -1.53. The van der Waals surface area contributed by atoms with E-state index in [9.17, 15) is 0 Å². The Morgan fingerprint density at radius 2 is 2.07 bits per heavy atom. The number of halogens is 2. The molecule has 80 valence electrons. The van der Waals surface area contributed by atoms with Crippen molar-refractivity contribution in [2.75, 3.05) is 0 Å². The highest BCUT2D eigenvalue weighted by atomic mass is 35.5. The molecule has 14 heavy (non-hydrogen) atoms. The first kappa shape index (κ1) is 12.3. The van der Waals surface area contributed by atoms with E-state index in [4.69, 9.17) is 27.6 Å². The molecule has 2 atom stereocenters. The van der Waals surface area contributed by atoms with Gasteiger partial charge in [0, 0.05) is 5.92 Å². The molecule has 0 radical (unpaired) electrons. The molecule has 1 aliphatic rings. The van der Waals surface area contributed by atoms with Crippen LogP contribution in [0.2, 0.25) is 19.6 Å². The van der Waals surface area contributed by atoms with Crippen LogP contribution in [0, 0.1) is 5.92 Å². The number of hydrogen-bond donors (Lipinski definition) is 0. The first-order chi connectivity index (χ1) is 6.29. The highest BCUT2D eigenvalue weighted by Gasteiger charge is 2.53. The van der Waals surface area contributed by atoms with Crippen LogP contribution in [0.5, 0.6) is 0 Å². The van der Waals surface area contributed by atoms with E-state index in [1.165, 1.54) is 0 Å². The summed E-state index contributed by atoms with van der Waals surface area (Å²) in [5.74, 6) is 0.303. The second-order valence-electron chi connectivity index (χ2n) is 4.64. The number of hydrogen-bond acceptors (Lipinski definition) is 1. The molecule has 1 saturated carbocycles. The maximum absolute atomic E-state index is 6.06. The minimum absolute atomic E-state index is 0.195. The van der Waals surface area contributed by atoms with Crippen LogP contribution < -0.4 is 0 Å². The van der Waals surface area contributed by atoms with E-state index in [1.54, 1.807) is 0 Å². The predicted molar refractivity (Wildman–Crippen MR) is 65.3 cm³/mol. The fourth-order valence-electron chi connectivity index (χ4n) is 1.60. The second kappa shape index (κ2) is 4.01. The SMILES string of the molecule is C=C[C@@]1(O[Si](C)(C)C)C[C@@H]1C=C(Cl)Cl. The van der Waals surface area contributed by atoms with Crippen molar-refractivity contribution >= 4 is 31.5 Å². The van der Waals surface area contributed by atoms with Gasteiger partial charge in [-0.15, -0.1) is 6.58 Å². The molecule has 0 saturated heterocycles. The van der Waals surface area contributed by atoms with Crippen molar-refractivity contribution in [1.29, 1.82) is 0 Å². The summed E-state index contributed by atoms with van der Waals surface area (Å²) in [6, 6.07) is 0. The topological polar surface area (TPSA) is 9.23 Å². The van der Waals surface area contributed by atoms with Gasteiger partial charge in [0.2, 0.25) is 0 Å². The maximum Gasteiger partial charge on any atom is 0.184 e. The Kier molecular flexibility index (Phi) is 3.52. The summed E-state index contributed by atoms with van der Waals surface area (Å²) in [6.07, 6.45) is 4.66. The van der Waals surface area contributed by atoms with Crippen molar-refractivity contribution in [1.82, 2.24) is 0 Å². The van der Waals surface area contributed by atoms with Crippen LogP contribution >= 0.6 is 23.2 Å².